The Kier molecular flexibility index (Phi) is 5.26. The smallest absolute Gasteiger partial charge is 0.306 e. The second-order valence-electron chi connectivity index (χ2n) is 12.0. The summed E-state index contributed by atoms with van der Waals surface area (Å²) in [5.74, 6) is -1.18. The number of hydrogen-bond acceptors (Lipinski definition) is 6. The van der Waals surface area contributed by atoms with E-state index in [1.165, 1.54) is 36.4 Å². The highest BCUT2D eigenvalue weighted by Gasteiger charge is 2.70. The van der Waals surface area contributed by atoms with E-state index in [0.717, 1.165) is 0 Å². The van der Waals surface area contributed by atoms with Crippen LogP contribution < -0.4 is 15.4 Å². The summed E-state index contributed by atoms with van der Waals surface area (Å²) in [4.78, 5) is 39.5. The largest absolute Gasteiger partial charge is 0.548 e. The number of carboxylic acid groups (broad SMARTS) is 1. The Bertz CT molecular complexity index is 967. The lowest BCUT2D eigenvalue weighted by Gasteiger charge is -2.44. The van der Waals surface area contributed by atoms with Gasteiger partial charge in [-0.05, 0) is 74.1 Å². The first kappa shape index (κ1) is 23.8. The Morgan fingerprint density at radius 2 is 1.76 bits per heavy atom. The summed E-state index contributed by atoms with van der Waals surface area (Å²) >= 11 is 0. The number of β-lactam (4-membered cyclic amide) rings is 1. The second kappa shape index (κ2) is 7.31. The number of carboxylic acids is 1. The Labute approximate surface area is 195 Å². The van der Waals surface area contributed by atoms with E-state index in [9.17, 15) is 19.5 Å². The average Bonchev–Trinajstić information content (AvgIpc) is 3.09. The lowest BCUT2D eigenvalue weighted by atomic mass is 9.69. The molecule has 5 heterocycles. The Balaban J connectivity index is 0.000000160. The zero-order chi connectivity index (χ0) is 24.6. The van der Waals surface area contributed by atoms with Gasteiger partial charge >= 0.3 is 5.97 Å². The van der Waals surface area contributed by atoms with Crippen LogP contribution in [0.4, 0.5) is 0 Å². The van der Waals surface area contributed by atoms with Crippen LogP contribution in [0.25, 0.3) is 0 Å². The van der Waals surface area contributed by atoms with Crippen molar-refractivity contribution in [2.24, 2.45) is 11.3 Å². The highest BCUT2D eigenvalue weighted by molar-refractivity contribution is 6.06. The molecule has 8 heteroatoms. The lowest BCUT2D eigenvalue weighted by Crippen LogP contribution is -2.92. The predicted octanol–water partition coefficient (Wildman–Crippen LogP) is -0.196. The molecular formula is C25H37N3O5. The Hall–Kier alpha value is -2.38. The van der Waals surface area contributed by atoms with Gasteiger partial charge in [0.15, 0.2) is 0 Å². The van der Waals surface area contributed by atoms with E-state index in [-0.39, 0.29) is 23.4 Å². The van der Waals surface area contributed by atoms with Crippen molar-refractivity contribution in [1.29, 1.82) is 0 Å². The number of nitrogens with one attached hydrogen (secondary N) is 2. The van der Waals surface area contributed by atoms with E-state index in [2.05, 4.69) is 44.9 Å². The number of amidine groups is 1. The van der Waals surface area contributed by atoms with Gasteiger partial charge in [0.1, 0.15) is 11.6 Å². The van der Waals surface area contributed by atoms with Crippen molar-refractivity contribution in [1.82, 2.24) is 10.2 Å². The summed E-state index contributed by atoms with van der Waals surface area (Å²) in [5.41, 5.74) is 0.480. The standard InChI is InChI=1S/C13H24N2.C12H13NO5/c1-11(2)6-8-13(5)9-7-12(3,4)15-10(13)14-11;1-3-5-9-12(2)6(4-7(14)18-12)8(11(16)17)13(9)10(5)15/h6-9H2,1-5H3,(H,14,15);3,6,8-9H,4H2,1-2H3,(H,16,17)/b;5-3+/t;6-,8+,9-,12-/m.0/s1. The highest BCUT2D eigenvalue weighted by atomic mass is 16.6. The van der Waals surface area contributed by atoms with Crippen LogP contribution in [0.15, 0.2) is 11.6 Å². The van der Waals surface area contributed by atoms with Crippen molar-refractivity contribution in [3.05, 3.63) is 11.6 Å². The molecule has 5 aliphatic rings. The third-order valence-corrected chi connectivity index (χ3v) is 8.42. The maximum absolute atomic E-state index is 11.9. The monoisotopic (exact) mass is 459 g/mol. The Morgan fingerprint density at radius 3 is 2.36 bits per heavy atom. The molecule has 4 fully saturated rings. The topological polar surface area (TPSA) is 113 Å². The molecule has 0 aromatic heterocycles. The van der Waals surface area contributed by atoms with E-state index in [0.29, 0.717) is 11.0 Å². The van der Waals surface area contributed by atoms with Gasteiger partial charge in [-0.15, -0.1) is 0 Å². The van der Waals surface area contributed by atoms with Gasteiger partial charge in [-0.3, -0.25) is 19.9 Å². The molecule has 182 valence electrons. The first-order chi connectivity index (χ1) is 15.1. The van der Waals surface area contributed by atoms with Gasteiger partial charge in [-0.1, -0.05) is 6.08 Å². The number of fused-ring (bicyclic) bond motifs is 4. The van der Waals surface area contributed by atoms with E-state index in [4.69, 9.17) is 4.74 Å². The van der Waals surface area contributed by atoms with Crippen molar-refractivity contribution < 1.29 is 29.2 Å². The minimum atomic E-state index is -1.32. The minimum Gasteiger partial charge on any atom is -0.548 e. The number of hydrogen-bond donors (Lipinski definition) is 2. The van der Waals surface area contributed by atoms with E-state index >= 15 is 0 Å². The normalized spacial score (nSPS) is 40.8. The number of carbonyl (C=O) groups excluding carboxylic acids is 3. The van der Waals surface area contributed by atoms with E-state index in [1.54, 1.807) is 19.9 Å². The van der Waals surface area contributed by atoms with Crippen LogP contribution in [0.3, 0.4) is 0 Å². The molecule has 0 aliphatic carbocycles. The van der Waals surface area contributed by atoms with Gasteiger partial charge in [0.2, 0.25) is 5.84 Å². The summed E-state index contributed by atoms with van der Waals surface area (Å²) in [7, 11) is 0. The lowest BCUT2D eigenvalue weighted by molar-refractivity contribution is -0.559. The third kappa shape index (κ3) is 3.66. The van der Waals surface area contributed by atoms with Crippen LogP contribution in [-0.4, -0.2) is 57.3 Å². The summed E-state index contributed by atoms with van der Waals surface area (Å²) in [6.07, 6.45) is 6.84. The molecular weight excluding hydrogens is 422 g/mol. The molecule has 1 unspecified atom stereocenters. The third-order valence-electron chi connectivity index (χ3n) is 8.42. The maximum atomic E-state index is 11.9. The number of nitrogens with zero attached hydrogens (tertiary/aromatic N) is 1. The van der Waals surface area contributed by atoms with Crippen LogP contribution in [0.2, 0.25) is 0 Å². The number of allylic oxidation sites excluding steroid dienone is 1. The predicted molar refractivity (Wildman–Crippen MR) is 120 cm³/mol. The number of esters is 1. The van der Waals surface area contributed by atoms with Gasteiger partial charge in [-0.2, -0.15) is 0 Å². The van der Waals surface area contributed by atoms with Gasteiger partial charge in [-0.25, -0.2) is 0 Å². The van der Waals surface area contributed by atoms with Gasteiger partial charge < -0.3 is 19.5 Å². The molecule has 0 aromatic rings. The molecule has 1 amide bonds. The highest BCUT2D eigenvalue weighted by Crippen LogP contribution is 2.54. The molecule has 4 saturated heterocycles. The number of piperidine rings is 1. The first-order valence-corrected chi connectivity index (χ1v) is 12.0. The fourth-order valence-electron chi connectivity index (χ4n) is 6.21. The van der Waals surface area contributed by atoms with E-state index in [1.807, 2.05) is 0 Å². The molecule has 8 nitrogen and oxygen atoms in total. The SMILES string of the molecule is C/C=C1/C(=O)N2[C@@H]1[C@@]1(C)OC(=O)C[C@H]1[C@@H]2C(=O)[O-].CC1(C)CCC2(C)CCC(C)(C)[NH+]=C2N1. The van der Waals surface area contributed by atoms with Gasteiger partial charge in [0.05, 0.1) is 34.9 Å². The summed E-state index contributed by atoms with van der Waals surface area (Å²) < 4.78 is 5.30. The summed E-state index contributed by atoms with van der Waals surface area (Å²) in [6.45, 7) is 15.0. The number of amides is 1. The minimum absolute atomic E-state index is 0.0203. The van der Waals surface area contributed by atoms with Crippen molar-refractivity contribution in [3.8, 4) is 0 Å². The molecule has 5 atom stereocenters. The van der Waals surface area contributed by atoms with Crippen molar-refractivity contribution in [2.75, 3.05) is 0 Å². The zero-order valence-corrected chi connectivity index (χ0v) is 20.8. The van der Waals surface area contributed by atoms with Crippen molar-refractivity contribution >= 4 is 23.7 Å². The van der Waals surface area contributed by atoms with Gasteiger partial charge in [0, 0.05) is 11.5 Å². The summed E-state index contributed by atoms with van der Waals surface area (Å²) in [5, 5.41) is 14.9. The number of aliphatic carboxylic acids is 1. The molecule has 0 saturated carbocycles. The number of ether oxygens (including phenoxy) is 1. The number of rotatable bonds is 1. The quantitative estimate of drug-likeness (QED) is 0.319. The maximum Gasteiger partial charge on any atom is 0.306 e. The molecule has 0 spiro atoms. The Morgan fingerprint density at radius 1 is 1.12 bits per heavy atom. The molecule has 5 aliphatic heterocycles. The molecule has 2 N–H and O–H groups in total. The number of carbonyl (C=O) groups is 3. The zero-order valence-electron chi connectivity index (χ0n) is 20.8. The fourth-order valence-corrected chi connectivity index (χ4v) is 6.21. The van der Waals surface area contributed by atoms with Crippen LogP contribution in [0.1, 0.15) is 80.6 Å². The molecule has 0 radical (unpaired) electrons. The summed E-state index contributed by atoms with van der Waals surface area (Å²) in [6, 6.07) is -1.52. The van der Waals surface area contributed by atoms with Crippen molar-refractivity contribution in [2.45, 2.75) is 109 Å². The van der Waals surface area contributed by atoms with Crippen molar-refractivity contribution in [3.63, 3.8) is 0 Å². The van der Waals surface area contributed by atoms with Crippen LogP contribution in [0.5, 0.6) is 0 Å². The molecule has 0 aromatic carbocycles. The van der Waals surface area contributed by atoms with Gasteiger partial charge in [0.25, 0.3) is 5.91 Å². The van der Waals surface area contributed by atoms with Crippen LogP contribution >= 0.6 is 0 Å². The fraction of sp³-hybridized carbons (Fsp3) is 0.760. The second-order valence-corrected chi connectivity index (χ2v) is 12.0. The first-order valence-electron chi connectivity index (χ1n) is 12.0. The molecule has 0 bridgehead atoms. The van der Waals surface area contributed by atoms with E-state index < -0.39 is 35.5 Å². The van der Waals surface area contributed by atoms with Crippen LogP contribution in [0, 0.1) is 11.3 Å². The van der Waals surface area contributed by atoms with Crippen LogP contribution in [-0.2, 0) is 19.1 Å². The molecule has 5 rings (SSSR count). The molecule has 33 heavy (non-hydrogen) atoms. The average molecular weight is 460 g/mol.